The smallest absolute Gasteiger partial charge is 0.308 e. The fourth-order valence-corrected chi connectivity index (χ4v) is 1.64. The molecule has 2 rings (SSSR count). The van der Waals surface area contributed by atoms with Crippen LogP contribution in [0.3, 0.4) is 0 Å². The number of carbonyl (C=O) groups excluding carboxylic acids is 1. The van der Waals surface area contributed by atoms with Gasteiger partial charge in [-0.2, -0.15) is 0 Å². The number of benzene rings is 2. The maximum Gasteiger partial charge on any atom is 0.323 e. The van der Waals surface area contributed by atoms with Crippen LogP contribution < -0.4 is 10.6 Å². The highest BCUT2D eigenvalue weighted by Gasteiger charge is 2.04. The molecule has 0 bridgehead atoms. The van der Waals surface area contributed by atoms with Crippen LogP contribution in [0, 0.1) is 18.6 Å². The molecule has 2 N–H and O–H groups in total. The molecule has 0 aromatic heterocycles. The average molecular weight is 262 g/mol. The van der Waals surface area contributed by atoms with Crippen LogP contribution in [0.1, 0.15) is 5.56 Å². The number of carbonyl (C=O) groups is 1. The molecule has 2 aromatic rings. The van der Waals surface area contributed by atoms with Gasteiger partial charge in [-0.1, -0.05) is 0 Å². The standard InChI is InChI=1S/C14H12F2N2O/c1-9-6-11(16)8-13(7-9)18-14(19)17-12-4-2-10(15)3-5-12/h2-8H,1H3,(H2,17,18,19). The fraction of sp³-hybridized carbons (Fsp3) is 0.0714. The van der Waals surface area contributed by atoms with Gasteiger partial charge < -0.3 is 10.6 Å². The molecule has 0 aliphatic rings. The third kappa shape index (κ3) is 3.77. The normalized spacial score (nSPS) is 10.1. The zero-order valence-electron chi connectivity index (χ0n) is 10.2. The second-order valence-electron chi connectivity index (χ2n) is 4.10. The van der Waals surface area contributed by atoms with Gasteiger partial charge in [0.25, 0.3) is 0 Å². The summed E-state index contributed by atoms with van der Waals surface area (Å²) in [7, 11) is 0. The predicted molar refractivity (Wildman–Crippen MR) is 70.2 cm³/mol. The summed E-state index contributed by atoms with van der Waals surface area (Å²) in [5.41, 5.74) is 1.52. The lowest BCUT2D eigenvalue weighted by Crippen LogP contribution is -2.19. The summed E-state index contributed by atoms with van der Waals surface area (Å²) in [4.78, 5) is 11.7. The first kappa shape index (κ1) is 13.0. The van der Waals surface area contributed by atoms with E-state index in [0.717, 1.165) is 0 Å². The van der Waals surface area contributed by atoms with E-state index in [2.05, 4.69) is 10.6 Å². The number of hydrogen-bond acceptors (Lipinski definition) is 1. The number of aryl methyl sites for hydroxylation is 1. The highest BCUT2D eigenvalue weighted by Crippen LogP contribution is 2.14. The van der Waals surface area contributed by atoms with E-state index in [9.17, 15) is 13.6 Å². The fourth-order valence-electron chi connectivity index (χ4n) is 1.64. The molecule has 5 heteroatoms. The highest BCUT2D eigenvalue weighted by molar-refractivity contribution is 5.99. The summed E-state index contributed by atoms with van der Waals surface area (Å²) in [5, 5.41) is 5.02. The molecule has 0 heterocycles. The molecule has 2 amide bonds. The Hall–Kier alpha value is -2.43. The Balaban J connectivity index is 2.03. The Labute approximate surface area is 109 Å². The van der Waals surface area contributed by atoms with Crippen molar-refractivity contribution in [3.63, 3.8) is 0 Å². The first-order valence-corrected chi connectivity index (χ1v) is 5.64. The van der Waals surface area contributed by atoms with E-state index in [4.69, 9.17) is 0 Å². The summed E-state index contributed by atoms with van der Waals surface area (Å²) in [5.74, 6) is -0.802. The maximum absolute atomic E-state index is 13.1. The van der Waals surface area contributed by atoms with E-state index >= 15 is 0 Å². The van der Waals surface area contributed by atoms with Crippen molar-refractivity contribution in [1.82, 2.24) is 0 Å². The van der Waals surface area contributed by atoms with E-state index in [0.29, 0.717) is 16.9 Å². The quantitative estimate of drug-likeness (QED) is 0.846. The second-order valence-corrected chi connectivity index (χ2v) is 4.10. The molecule has 0 unspecified atom stereocenters. The number of halogens is 2. The van der Waals surface area contributed by atoms with Crippen LogP contribution in [0.25, 0.3) is 0 Å². The Morgan fingerprint density at radius 1 is 0.895 bits per heavy atom. The maximum atomic E-state index is 13.1. The summed E-state index contributed by atoms with van der Waals surface area (Å²) >= 11 is 0. The van der Waals surface area contributed by atoms with Crippen molar-refractivity contribution in [3.8, 4) is 0 Å². The molecule has 0 spiro atoms. The minimum absolute atomic E-state index is 0.358. The van der Waals surface area contributed by atoms with E-state index in [1.165, 1.54) is 36.4 Å². The molecular weight excluding hydrogens is 250 g/mol. The molecular formula is C14H12F2N2O. The lowest BCUT2D eigenvalue weighted by atomic mass is 10.2. The number of hydrogen-bond donors (Lipinski definition) is 2. The largest absolute Gasteiger partial charge is 0.323 e. The van der Waals surface area contributed by atoms with E-state index in [1.807, 2.05) is 0 Å². The first-order chi connectivity index (χ1) is 9.02. The van der Waals surface area contributed by atoms with Gasteiger partial charge in [0.1, 0.15) is 11.6 Å². The number of urea groups is 1. The number of rotatable bonds is 2. The van der Waals surface area contributed by atoms with Gasteiger partial charge in [-0.3, -0.25) is 0 Å². The van der Waals surface area contributed by atoms with E-state index < -0.39 is 11.8 Å². The van der Waals surface area contributed by atoms with Crippen molar-refractivity contribution >= 4 is 17.4 Å². The van der Waals surface area contributed by atoms with Crippen molar-refractivity contribution in [1.29, 1.82) is 0 Å². The molecule has 0 saturated carbocycles. The highest BCUT2D eigenvalue weighted by atomic mass is 19.1. The van der Waals surface area contributed by atoms with Crippen LogP contribution in [0.4, 0.5) is 25.0 Å². The molecule has 0 saturated heterocycles. The molecule has 0 radical (unpaired) electrons. The lowest BCUT2D eigenvalue weighted by molar-refractivity contribution is 0.262. The van der Waals surface area contributed by atoms with Gasteiger partial charge in [-0.15, -0.1) is 0 Å². The van der Waals surface area contributed by atoms with Crippen molar-refractivity contribution in [2.45, 2.75) is 6.92 Å². The molecule has 2 aromatic carbocycles. The van der Waals surface area contributed by atoms with Crippen LogP contribution in [-0.2, 0) is 0 Å². The van der Waals surface area contributed by atoms with E-state index in [-0.39, 0.29) is 5.82 Å². The minimum atomic E-state index is -0.517. The topological polar surface area (TPSA) is 41.1 Å². The Kier molecular flexibility index (Phi) is 3.75. The van der Waals surface area contributed by atoms with Gasteiger partial charge in [0, 0.05) is 11.4 Å². The van der Waals surface area contributed by atoms with E-state index in [1.54, 1.807) is 13.0 Å². The number of anilines is 2. The summed E-state index contributed by atoms with van der Waals surface area (Å²) in [6.45, 7) is 1.73. The molecule has 0 fully saturated rings. The molecule has 0 atom stereocenters. The van der Waals surface area contributed by atoms with Crippen LogP contribution in [-0.4, -0.2) is 6.03 Å². The number of nitrogens with one attached hydrogen (secondary N) is 2. The second kappa shape index (κ2) is 5.48. The van der Waals surface area contributed by atoms with Crippen molar-refractivity contribution in [2.75, 3.05) is 10.6 Å². The summed E-state index contributed by atoms with van der Waals surface area (Å²) in [6, 6.07) is 9.06. The summed E-state index contributed by atoms with van der Waals surface area (Å²) < 4.78 is 25.8. The first-order valence-electron chi connectivity index (χ1n) is 5.64. The van der Waals surface area contributed by atoms with Crippen LogP contribution in [0.15, 0.2) is 42.5 Å². The van der Waals surface area contributed by atoms with Crippen LogP contribution >= 0.6 is 0 Å². The van der Waals surface area contributed by atoms with Gasteiger partial charge in [0.2, 0.25) is 0 Å². The SMILES string of the molecule is Cc1cc(F)cc(NC(=O)Nc2ccc(F)cc2)c1. The zero-order chi connectivity index (χ0) is 13.8. The van der Waals surface area contributed by atoms with Gasteiger partial charge in [0.05, 0.1) is 0 Å². The predicted octanol–water partition coefficient (Wildman–Crippen LogP) is 3.92. The lowest BCUT2D eigenvalue weighted by Gasteiger charge is -2.08. The Morgan fingerprint density at radius 2 is 1.53 bits per heavy atom. The summed E-state index contributed by atoms with van der Waals surface area (Å²) in [6.07, 6.45) is 0. The Bertz CT molecular complexity index is 577. The molecule has 98 valence electrons. The van der Waals surface area contributed by atoms with Crippen molar-refractivity contribution in [2.24, 2.45) is 0 Å². The molecule has 3 nitrogen and oxygen atoms in total. The van der Waals surface area contributed by atoms with Gasteiger partial charge in [-0.25, -0.2) is 13.6 Å². The molecule has 0 aliphatic heterocycles. The average Bonchev–Trinajstić information content (AvgIpc) is 2.30. The third-order valence-electron chi connectivity index (χ3n) is 2.40. The van der Waals surface area contributed by atoms with Crippen LogP contribution in [0.5, 0.6) is 0 Å². The van der Waals surface area contributed by atoms with Crippen molar-refractivity contribution in [3.05, 3.63) is 59.7 Å². The van der Waals surface area contributed by atoms with Gasteiger partial charge >= 0.3 is 6.03 Å². The zero-order valence-corrected chi connectivity index (χ0v) is 10.2. The van der Waals surface area contributed by atoms with Crippen LogP contribution in [0.2, 0.25) is 0 Å². The monoisotopic (exact) mass is 262 g/mol. The Morgan fingerprint density at radius 3 is 2.16 bits per heavy atom. The van der Waals surface area contributed by atoms with Gasteiger partial charge in [-0.05, 0) is 55.0 Å². The molecule has 0 aliphatic carbocycles. The minimum Gasteiger partial charge on any atom is -0.308 e. The third-order valence-corrected chi connectivity index (χ3v) is 2.40. The van der Waals surface area contributed by atoms with Gasteiger partial charge in [0.15, 0.2) is 0 Å². The number of amides is 2. The molecule has 19 heavy (non-hydrogen) atoms. The van der Waals surface area contributed by atoms with Crippen molar-refractivity contribution < 1.29 is 13.6 Å².